The molecule has 1 aliphatic carbocycles. The van der Waals surface area contributed by atoms with E-state index in [4.69, 9.17) is 91.3 Å². The van der Waals surface area contributed by atoms with Gasteiger partial charge in [-0.3, -0.25) is 29.0 Å². The van der Waals surface area contributed by atoms with Crippen molar-refractivity contribution in [3.63, 3.8) is 0 Å². The van der Waals surface area contributed by atoms with Gasteiger partial charge < -0.3 is 4.90 Å². The first-order valence-electron chi connectivity index (χ1n) is 15.2. The molecule has 0 unspecified atom stereocenters. The largest absolute Gasteiger partial charge is 0.335 e. The highest BCUT2D eigenvalue weighted by molar-refractivity contribution is 6.72. The van der Waals surface area contributed by atoms with Crippen molar-refractivity contribution in [3.05, 3.63) is 69.9 Å². The van der Waals surface area contributed by atoms with Crippen molar-refractivity contribution < 1.29 is 9.18 Å². The lowest BCUT2D eigenvalue weighted by atomic mass is 8.96. The summed E-state index contributed by atoms with van der Waals surface area (Å²) in [6.45, 7) is 3.09. The maximum Gasteiger partial charge on any atom is 0.273 e. The minimum atomic E-state index is -2.44. The number of fused-ring (bicyclic) bond motifs is 1. The summed E-state index contributed by atoms with van der Waals surface area (Å²) in [5.74, 6) is -0.770. The molecule has 22 radical (unpaired) electrons. The van der Waals surface area contributed by atoms with E-state index in [1.807, 2.05) is 0 Å². The average Bonchev–Trinajstić information content (AvgIpc) is 3.43. The Hall–Kier alpha value is -3.17. The molecule has 4 aromatic rings. The van der Waals surface area contributed by atoms with Gasteiger partial charge in [-0.25, -0.2) is 9.50 Å². The lowest BCUT2D eigenvalue weighted by molar-refractivity contribution is 0.0142. The van der Waals surface area contributed by atoms with Gasteiger partial charge in [0.05, 0.1) is 110 Å². The number of halogens is 1. The number of likely N-dealkylation sites (tertiary alicyclic amines) is 1. The molecule has 2 aliphatic rings. The lowest BCUT2D eigenvalue weighted by Gasteiger charge is -2.82. The minimum Gasteiger partial charge on any atom is -0.335 e. The Bertz CT molecular complexity index is 2020. The number of rotatable bonds is 5. The van der Waals surface area contributed by atoms with E-state index in [9.17, 15) is 14.0 Å². The van der Waals surface area contributed by atoms with Crippen LogP contribution in [-0.4, -0.2) is 141 Å². The van der Waals surface area contributed by atoms with E-state index < -0.39 is 49.5 Å². The number of nitrogens with zero attached hydrogens (tertiary/aromatic N) is 5. The summed E-state index contributed by atoms with van der Waals surface area (Å²) < 4.78 is 14.6. The van der Waals surface area contributed by atoms with Crippen molar-refractivity contribution >= 4 is 97.9 Å². The molecule has 2 fully saturated rings. The van der Waals surface area contributed by atoms with Gasteiger partial charge in [0.15, 0.2) is 5.65 Å². The third kappa shape index (κ3) is 4.46. The van der Waals surface area contributed by atoms with Crippen molar-refractivity contribution in [1.29, 1.82) is 0 Å². The number of benzene rings is 1. The molecular formula is C29H20B11FN6O2. The molecule has 1 amide bonds. The predicted molar refractivity (Wildman–Crippen MR) is 195 cm³/mol. The molecule has 0 bridgehead atoms. The van der Waals surface area contributed by atoms with Gasteiger partial charge in [0.1, 0.15) is 11.3 Å². The molecule has 2 atom stereocenters. The van der Waals surface area contributed by atoms with E-state index in [-0.39, 0.29) is 46.7 Å². The van der Waals surface area contributed by atoms with Gasteiger partial charge in [-0.15, -0.1) is 26.1 Å². The summed E-state index contributed by atoms with van der Waals surface area (Å²) in [5.41, 5.74) is 1.23. The molecule has 4 heterocycles. The van der Waals surface area contributed by atoms with Gasteiger partial charge in [0.25, 0.3) is 11.5 Å². The van der Waals surface area contributed by atoms with Crippen LogP contribution < -0.4 is 5.56 Å². The molecule has 218 valence electrons. The monoisotopic (exact) mass is 624 g/mol. The maximum absolute atomic E-state index is 14.0. The molecule has 1 N–H and O–H groups in total. The highest BCUT2D eigenvalue weighted by Crippen LogP contribution is 2.83. The topological polar surface area (TPSA) is 96.2 Å². The summed E-state index contributed by atoms with van der Waals surface area (Å²) in [4.78, 5) is 42.5. The summed E-state index contributed by atoms with van der Waals surface area (Å²) in [6, 6.07) is 6.82. The Labute approximate surface area is 298 Å². The lowest BCUT2D eigenvalue weighted by Crippen LogP contribution is -2.70. The van der Waals surface area contributed by atoms with Gasteiger partial charge in [0, 0.05) is 42.5 Å². The highest BCUT2D eigenvalue weighted by Gasteiger charge is 2.69. The van der Waals surface area contributed by atoms with Crippen LogP contribution in [0.5, 0.6) is 0 Å². The molecule has 49 heavy (non-hydrogen) atoms. The predicted octanol–water partition coefficient (Wildman–Crippen LogP) is -0.472. The van der Waals surface area contributed by atoms with Crippen LogP contribution in [0.15, 0.2) is 47.5 Å². The van der Waals surface area contributed by atoms with Crippen LogP contribution in [0.2, 0.25) is 26.1 Å². The summed E-state index contributed by atoms with van der Waals surface area (Å²) in [5, 5.41) is -11.4. The number of aromatic amines is 1. The second-order valence-electron chi connectivity index (χ2n) is 13.3. The highest BCUT2D eigenvalue weighted by atomic mass is 19.1. The van der Waals surface area contributed by atoms with Gasteiger partial charge in [-0.05, 0) is 13.8 Å². The van der Waals surface area contributed by atoms with Gasteiger partial charge in [-0.2, -0.15) is 0 Å². The standard InChI is InChI=1S/C29H20B11FN6O2/c1-12-20(43-8-7-42-12)21-19(23(49)46-11-15(10-41)13(46)2)22-44-17(9-18(48)47(22)45-21)14-3-5-16(6-4-14)24(30)25(31,32)27(35,36)29(39,40)28(37,38)26(24,33)34/h3-9,13,15,45H,10-11H2,1-2H3/t13-,15-/m0/s1. The van der Waals surface area contributed by atoms with Crippen LogP contribution in [0.1, 0.15) is 28.5 Å². The molecule has 1 aromatic carbocycles. The molecule has 1 aliphatic heterocycles. The third-order valence-electron chi connectivity index (χ3n) is 10.7. The van der Waals surface area contributed by atoms with E-state index in [0.29, 0.717) is 17.0 Å². The van der Waals surface area contributed by atoms with E-state index in [1.165, 1.54) is 47.6 Å². The molecule has 0 spiro atoms. The Morgan fingerprint density at radius 2 is 1.45 bits per heavy atom. The fourth-order valence-corrected chi connectivity index (χ4v) is 6.89. The Kier molecular flexibility index (Phi) is 8.12. The number of H-pyrrole nitrogens is 1. The molecule has 1 saturated carbocycles. The zero-order chi connectivity index (χ0) is 36.3. The van der Waals surface area contributed by atoms with Crippen molar-refractivity contribution in [2.75, 3.05) is 13.2 Å². The van der Waals surface area contributed by atoms with Gasteiger partial charge in [-0.1, -0.05) is 35.1 Å². The smallest absolute Gasteiger partial charge is 0.273 e. The van der Waals surface area contributed by atoms with Crippen LogP contribution in [0.4, 0.5) is 4.39 Å². The van der Waals surface area contributed by atoms with E-state index in [1.54, 1.807) is 13.8 Å². The normalized spacial score (nSPS) is 24.2. The van der Waals surface area contributed by atoms with Crippen LogP contribution in [0, 0.1) is 12.8 Å². The molecule has 3 aromatic heterocycles. The van der Waals surface area contributed by atoms with E-state index in [0.717, 1.165) is 4.52 Å². The first kappa shape index (κ1) is 35.7. The molecule has 1 saturated heterocycles. The molecule has 8 nitrogen and oxygen atoms in total. The molecule has 6 rings (SSSR count). The Morgan fingerprint density at radius 3 is 1.98 bits per heavy atom. The first-order valence-corrected chi connectivity index (χ1v) is 15.2. The number of aryl methyl sites for hydroxylation is 1. The molecule has 20 heteroatoms. The SMILES string of the molecule is [B]C1([B])C([B])([B])C([B])([B])C([B])(c2ccc(-c3cc(=O)n4[nH]c(-c5nccnc5C)c(C(=O)N5C[C@H](CF)[C@@H]5C)c4n3)cc2)C([B])([B])C1([B])[B]. The summed E-state index contributed by atoms with van der Waals surface area (Å²) in [6.07, 6.45) is 2.96. The van der Waals surface area contributed by atoms with Crippen molar-refractivity contribution in [3.8, 4) is 22.6 Å². The third-order valence-corrected chi connectivity index (χ3v) is 10.7. The number of amides is 1. The van der Waals surface area contributed by atoms with E-state index >= 15 is 0 Å². The number of alkyl halides is 1. The fourth-order valence-electron chi connectivity index (χ4n) is 6.89. The number of nitrogens with one attached hydrogen (secondary N) is 1. The van der Waals surface area contributed by atoms with Crippen molar-refractivity contribution in [2.45, 2.75) is 51.3 Å². The first-order chi connectivity index (χ1) is 22.6. The number of carbonyl (C=O) groups excluding carboxylic acids is 1. The van der Waals surface area contributed by atoms with Crippen molar-refractivity contribution in [1.82, 2.24) is 29.5 Å². The zero-order valence-corrected chi connectivity index (χ0v) is 26.9. The van der Waals surface area contributed by atoms with Gasteiger partial charge >= 0.3 is 0 Å². The number of aromatic nitrogens is 5. The average molecular weight is 622 g/mol. The number of hydrogen-bond donors (Lipinski definition) is 1. The summed E-state index contributed by atoms with van der Waals surface area (Å²) in [7, 11) is 70.4. The fraction of sp³-hybridized carbons (Fsp3) is 0.414. The summed E-state index contributed by atoms with van der Waals surface area (Å²) >= 11 is 0. The van der Waals surface area contributed by atoms with Crippen LogP contribution in [0.25, 0.3) is 28.3 Å². The minimum absolute atomic E-state index is 0.00953. The second-order valence-corrected chi connectivity index (χ2v) is 13.3. The van der Waals surface area contributed by atoms with E-state index in [2.05, 4.69) is 15.1 Å². The van der Waals surface area contributed by atoms with Crippen LogP contribution >= 0.6 is 0 Å². The Morgan fingerprint density at radius 1 is 0.898 bits per heavy atom. The van der Waals surface area contributed by atoms with Gasteiger partial charge in [0.2, 0.25) is 0 Å². The Balaban J connectivity index is 1.50. The second kappa shape index (κ2) is 11.2. The number of hydrogen-bond acceptors (Lipinski definition) is 5. The van der Waals surface area contributed by atoms with Crippen LogP contribution in [-0.2, 0) is 5.31 Å². The van der Waals surface area contributed by atoms with Crippen LogP contribution in [0.3, 0.4) is 0 Å². The molecular weight excluding hydrogens is 602 g/mol. The van der Waals surface area contributed by atoms with Crippen molar-refractivity contribution in [2.24, 2.45) is 5.92 Å². The maximum atomic E-state index is 14.0. The quantitative estimate of drug-likeness (QED) is 0.304. The number of carbonyl (C=O) groups is 1. The zero-order valence-electron chi connectivity index (χ0n) is 26.9.